The van der Waals surface area contributed by atoms with Crippen molar-refractivity contribution in [2.24, 2.45) is 5.84 Å². The molecule has 2 heterocycles. The zero-order valence-corrected chi connectivity index (χ0v) is 10.5. The Hall–Kier alpha value is -1.93. The summed E-state index contributed by atoms with van der Waals surface area (Å²) in [6.07, 6.45) is 1.70. The van der Waals surface area contributed by atoms with Crippen molar-refractivity contribution >= 4 is 17.7 Å². The molecule has 0 aliphatic rings. The summed E-state index contributed by atoms with van der Waals surface area (Å²) in [6, 6.07) is 5.83. The van der Waals surface area contributed by atoms with Crippen molar-refractivity contribution in [3.05, 3.63) is 24.4 Å². The molecule has 0 fully saturated rings. The fourth-order valence-electron chi connectivity index (χ4n) is 1.14. The number of hydrazine groups is 1. The van der Waals surface area contributed by atoms with Crippen molar-refractivity contribution < 1.29 is 4.74 Å². The monoisotopic (exact) mass is 264 g/mol. The number of nitrogens with zero attached hydrogens (tertiary/aromatic N) is 4. The van der Waals surface area contributed by atoms with Gasteiger partial charge in [0.05, 0.1) is 6.61 Å². The van der Waals surface area contributed by atoms with Gasteiger partial charge in [0, 0.05) is 6.20 Å². The van der Waals surface area contributed by atoms with E-state index in [0.29, 0.717) is 11.8 Å². The minimum absolute atomic E-state index is 0.235. The first-order valence-corrected chi connectivity index (χ1v) is 6.08. The third-order valence-corrected chi connectivity index (χ3v) is 2.65. The van der Waals surface area contributed by atoms with E-state index in [0.717, 1.165) is 5.03 Å². The number of anilines is 1. The number of pyridine rings is 1. The number of hydrogen-bond donors (Lipinski definition) is 2. The highest BCUT2D eigenvalue weighted by atomic mass is 32.2. The Bertz CT molecular complexity index is 509. The van der Waals surface area contributed by atoms with Gasteiger partial charge in [-0.3, -0.25) is 5.43 Å². The number of nitrogens with one attached hydrogen (secondary N) is 1. The smallest absolute Gasteiger partial charge is 0.322 e. The van der Waals surface area contributed by atoms with Crippen LogP contribution < -0.4 is 16.0 Å². The van der Waals surface area contributed by atoms with Crippen LogP contribution in [0.3, 0.4) is 0 Å². The Labute approximate surface area is 108 Å². The maximum absolute atomic E-state index is 5.29. The van der Waals surface area contributed by atoms with E-state index in [-0.39, 0.29) is 12.0 Å². The summed E-state index contributed by atoms with van der Waals surface area (Å²) in [7, 11) is 0. The normalized spacial score (nSPS) is 10.1. The van der Waals surface area contributed by atoms with Gasteiger partial charge < -0.3 is 4.74 Å². The molecule has 0 aromatic carbocycles. The quantitative estimate of drug-likeness (QED) is 0.612. The molecule has 8 heteroatoms. The molecule has 2 aromatic heterocycles. The molecule has 0 atom stereocenters. The Morgan fingerprint density at radius 2 is 2.22 bits per heavy atom. The van der Waals surface area contributed by atoms with Crippen molar-refractivity contribution in [3.63, 3.8) is 0 Å². The van der Waals surface area contributed by atoms with Crippen molar-refractivity contribution in [2.75, 3.05) is 12.0 Å². The molecule has 0 spiro atoms. The van der Waals surface area contributed by atoms with E-state index in [1.54, 1.807) is 6.20 Å². The summed E-state index contributed by atoms with van der Waals surface area (Å²) in [5.74, 6) is 5.55. The van der Waals surface area contributed by atoms with E-state index in [1.165, 1.54) is 11.8 Å². The van der Waals surface area contributed by atoms with Gasteiger partial charge >= 0.3 is 6.01 Å². The molecule has 2 aromatic rings. The lowest BCUT2D eigenvalue weighted by Gasteiger charge is -2.05. The number of nitrogen functional groups attached to an aromatic ring is 1. The largest absolute Gasteiger partial charge is 0.464 e. The van der Waals surface area contributed by atoms with E-state index >= 15 is 0 Å². The zero-order valence-electron chi connectivity index (χ0n) is 9.70. The Morgan fingerprint density at radius 3 is 2.89 bits per heavy atom. The maximum atomic E-state index is 5.29. The van der Waals surface area contributed by atoms with Gasteiger partial charge in [0.15, 0.2) is 0 Å². The van der Waals surface area contributed by atoms with Gasteiger partial charge in [-0.15, -0.1) is 0 Å². The lowest BCUT2D eigenvalue weighted by atomic mass is 10.5. The fourth-order valence-corrected chi connectivity index (χ4v) is 1.85. The number of hydrogen-bond acceptors (Lipinski definition) is 8. The summed E-state index contributed by atoms with van der Waals surface area (Å²) in [5, 5.41) is 1.26. The van der Waals surface area contributed by atoms with Crippen LogP contribution >= 0.6 is 11.8 Å². The summed E-state index contributed by atoms with van der Waals surface area (Å²) in [6.45, 7) is 2.33. The summed E-state index contributed by atoms with van der Waals surface area (Å²) < 4.78 is 5.24. The minimum atomic E-state index is 0.235. The predicted molar refractivity (Wildman–Crippen MR) is 67.2 cm³/mol. The van der Waals surface area contributed by atoms with Gasteiger partial charge in [-0.2, -0.15) is 15.0 Å². The van der Waals surface area contributed by atoms with Crippen molar-refractivity contribution in [2.45, 2.75) is 17.1 Å². The molecule has 0 radical (unpaired) electrons. The highest BCUT2D eigenvalue weighted by molar-refractivity contribution is 7.99. The third kappa shape index (κ3) is 3.28. The molecule has 0 bridgehead atoms. The SMILES string of the molecule is CCOc1nc(NN)nc(Sc2ccccn2)n1. The third-order valence-electron chi connectivity index (χ3n) is 1.83. The van der Waals surface area contributed by atoms with E-state index < -0.39 is 0 Å². The topological polar surface area (TPSA) is 98.8 Å². The first-order chi connectivity index (χ1) is 8.81. The van der Waals surface area contributed by atoms with Crippen LogP contribution in [-0.4, -0.2) is 26.5 Å². The van der Waals surface area contributed by atoms with Crippen molar-refractivity contribution in [1.82, 2.24) is 19.9 Å². The van der Waals surface area contributed by atoms with E-state index in [2.05, 4.69) is 25.4 Å². The van der Waals surface area contributed by atoms with Gasteiger partial charge in [0.2, 0.25) is 11.1 Å². The minimum Gasteiger partial charge on any atom is -0.464 e. The fraction of sp³-hybridized carbons (Fsp3) is 0.200. The summed E-state index contributed by atoms with van der Waals surface area (Å²) >= 11 is 1.31. The van der Waals surface area contributed by atoms with E-state index in [4.69, 9.17) is 10.6 Å². The standard InChI is InChI=1S/C10H12N6OS/c1-2-17-9-13-8(16-11)14-10(15-9)18-7-5-3-4-6-12-7/h3-6H,2,11H2,1H3,(H,13,14,15,16). The molecule has 94 valence electrons. The van der Waals surface area contributed by atoms with E-state index in [1.807, 2.05) is 25.1 Å². The predicted octanol–water partition coefficient (Wildman–Crippen LogP) is 1.10. The second-order valence-corrected chi connectivity index (χ2v) is 4.06. The lowest BCUT2D eigenvalue weighted by Crippen LogP contribution is -2.12. The lowest BCUT2D eigenvalue weighted by molar-refractivity contribution is 0.308. The molecule has 7 nitrogen and oxygen atoms in total. The molecule has 0 amide bonds. The molecule has 0 aliphatic carbocycles. The first-order valence-electron chi connectivity index (χ1n) is 5.26. The zero-order chi connectivity index (χ0) is 12.8. The first kappa shape index (κ1) is 12.5. The molecule has 18 heavy (non-hydrogen) atoms. The van der Waals surface area contributed by atoms with Gasteiger partial charge in [-0.05, 0) is 30.8 Å². The van der Waals surface area contributed by atoms with Gasteiger partial charge in [-0.25, -0.2) is 10.8 Å². The van der Waals surface area contributed by atoms with Gasteiger partial charge in [0.25, 0.3) is 0 Å². The molecule has 0 saturated carbocycles. The van der Waals surface area contributed by atoms with Gasteiger partial charge in [0.1, 0.15) is 5.03 Å². The molecular weight excluding hydrogens is 252 g/mol. The van der Waals surface area contributed by atoms with Crippen LogP contribution in [0.5, 0.6) is 6.01 Å². The average Bonchev–Trinajstić information content (AvgIpc) is 2.40. The number of ether oxygens (including phenoxy) is 1. The number of nitrogens with two attached hydrogens (primary N) is 1. The second kappa shape index (κ2) is 6.12. The van der Waals surface area contributed by atoms with Gasteiger partial charge in [-0.1, -0.05) is 6.07 Å². The second-order valence-electron chi connectivity index (χ2n) is 3.07. The summed E-state index contributed by atoms with van der Waals surface area (Å²) in [4.78, 5) is 16.4. The maximum Gasteiger partial charge on any atom is 0.322 e. The highest BCUT2D eigenvalue weighted by Crippen LogP contribution is 2.23. The number of aromatic nitrogens is 4. The molecule has 3 N–H and O–H groups in total. The highest BCUT2D eigenvalue weighted by Gasteiger charge is 2.08. The molecule has 0 aliphatic heterocycles. The molecule has 0 saturated heterocycles. The van der Waals surface area contributed by atoms with Crippen LogP contribution in [0, 0.1) is 0 Å². The van der Waals surface area contributed by atoms with Crippen LogP contribution in [0.15, 0.2) is 34.6 Å². The van der Waals surface area contributed by atoms with Crippen molar-refractivity contribution in [3.8, 4) is 6.01 Å². The summed E-state index contributed by atoms with van der Waals surface area (Å²) in [5.41, 5.74) is 2.38. The Balaban J connectivity index is 2.24. The Kier molecular flexibility index (Phi) is 4.26. The van der Waals surface area contributed by atoms with Crippen LogP contribution in [0.2, 0.25) is 0 Å². The van der Waals surface area contributed by atoms with Crippen molar-refractivity contribution in [1.29, 1.82) is 0 Å². The van der Waals surface area contributed by atoms with Crippen LogP contribution in [-0.2, 0) is 0 Å². The average molecular weight is 264 g/mol. The Morgan fingerprint density at radius 1 is 1.33 bits per heavy atom. The van der Waals surface area contributed by atoms with Crippen LogP contribution in [0.25, 0.3) is 0 Å². The molecule has 0 unspecified atom stereocenters. The number of rotatable bonds is 5. The van der Waals surface area contributed by atoms with Crippen LogP contribution in [0.4, 0.5) is 5.95 Å². The molecule has 2 rings (SSSR count). The van der Waals surface area contributed by atoms with E-state index in [9.17, 15) is 0 Å². The van der Waals surface area contributed by atoms with Crippen LogP contribution in [0.1, 0.15) is 6.92 Å². The molecular formula is C10H12N6OS.